The zero-order valence-corrected chi connectivity index (χ0v) is 9.76. The first-order valence-electron chi connectivity index (χ1n) is 5.30. The molecule has 1 aliphatic heterocycles. The molecule has 0 spiro atoms. The van der Waals surface area contributed by atoms with Gasteiger partial charge in [0.1, 0.15) is 9.84 Å². The van der Waals surface area contributed by atoms with E-state index in [1.165, 1.54) is 6.26 Å². The van der Waals surface area contributed by atoms with Crippen LogP contribution in [0.3, 0.4) is 0 Å². The van der Waals surface area contributed by atoms with Gasteiger partial charge in [0.15, 0.2) is 0 Å². The van der Waals surface area contributed by atoms with Crippen molar-refractivity contribution in [3.05, 3.63) is 12.8 Å². The fraction of sp³-hybridized carbons (Fsp3) is 0.800. The molecule has 0 aliphatic carbocycles. The van der Waals surface area contributed by atoms with Gasteiger partial charge in [-0.15, -0.1) is 0 Å². The van der Waals surface area contributed by atoms with Crippen LogP contribution in [0.2, 0.25) is 0 Å². The van der Waals surface area contributed by atoms with Crippen LogP contribution in [0.4, 0.5) is 0 Å². The summed E-state index contributed by atoms with van der Waals surface area (Å²) in [6.45, 7) is 5.00. The summed E-state index contributed by atoms with van der Waals surface area (Å²) in [5, 5.41) is 3.34. The number of rotatable bonds is 6. The van der Waals surface area contributed by atoms with E-state index in [9.17, 15) is 8.42 Å². The van der Waals surface area contributed by atoms with Crippen LogP contribution < -0.4 is 5.32 Å². The van der Waals surface area contributed by atoms with Crippen molar-refractivity contribution in [2.75, 3.05) is 24.7 Å². The van der Waals surface area contributed by atoms with Crippen LogP contribution in [-0.4, -0.2) is 39.1 Å². The molecule has 0 amide bonds. The Bertz CT molecular complexity index is 273. The van der Waals surface area contributed by atoms with Crippen LogP contribution in [0, 0.1) is 0 Å². The molecular formula is C10H19NO3S. The predicted octanol–water partition coefficient (Wildman–Crippen LogP) is 0.703. The van der Waals surface area contributed by atoms with Gasteiger partial charge in [-0.1, -0.05) is 6.58 Å². The molecule has 88 valence electrons. The summed E-state index contributed by atoms with van der Waals surface area (Å²) in [5.74, 6) is 0.654. The van der Waals surface area contributed by atoms with Crippen LogP contribution in [-0.2, 0) is 14.6 Å². The van der Waals surface area contributed by atoms with Gasteiger partial charge in [0.05, 0.1) is 24.4 Å². The van der Waals surface area contributed by atoms with Crippen molar-refractivity contribution in [3.63, 3.8) is 0 Å². The molecule has 0 unspecified atom stereocenters. The van der Waals surface area contributed by atoms with Gasteiger partial charge in [0, 0.05) is 6.04 Å². The Labute approximate surface area is 91.6 Å². The Hall–Kier alpha value is -0.550. The normalized spacial score (nSPS) is 21.1. The quantitative estimate of drug-likeness (QED) is 0.542. The average Bonchev–Trinajstić information content (AvgIpc) is 2.20. The molecular weight excluding hydrogens is 214 g/mol. The van der Waals surface area contributed by atoms with Crippen molar-refractivity contribution >= 4 is 9.84 Å². The summed E-state index contributed by atoms with van der Waals surface area (Å²) in [6.07, 6.45) is 3.84. The molecule has 0 aromatic carbocycles. The molecule has 1 fully saturated rings. The predicted molar refractivity (Wildman–Crippen MR) is 60.4 cm³/mol. The zero-order chi connectivity index (χ0) is 11.1. The van der Waals surface area contributed by atoms with E-state index in [4.69, 9.17) is 4.74 Å². The highest BCUT2D eigenvalue weighted by molar-refractivity contribution is 7.91. The Morgan fingerprint density at radius 1 is 1.40 bits per heavy atom. The summed E-state index contributed by atoms with van der Waals surface area (Å²) < 4.78 is 27.3. The van der Waals surface area contributed by atoms with Crippen LogP contribution in [0.25, 0.3) is 0 Å². The van der Waals surface area contributed by atoms with E-state index >= 15 is 0 Å². The molecule has 0 atom stereocenters. The van der Waals surface area contributed by atoms with Crippen molar-refractivity contribution < 1.29 is 13.2 Å². The summed E-state index contributed by atoms with van der Waals surface area (Å²) in [7, 11) is -2.73. The molecule has 1 N–H and O–H groups in total. The summed E-state index contributed by atoms with van der Waals surface area (Å²) >= 11 is 0. The third-order valence-corrected chi connectivity index (χ3v) is 4.26. The fourth-order valence-corrected chi connectivity index (χ4v) is 3.13. The molecule has 15 heavy (non-hydrogen) atoms. The first kappa shape index (κ1) is 12.5. The van der Waals surface area contributed by atoms with Crippen molar-refractivity contribution in [3.8, 4) is 0 Å². The SMILES string of the molecule is C=COCCCNC1CCS(=O)(=O)CC1. The average molecular weight is 233 g/mol. The second-order valence-corrected chi connectivity index (χ2v) is 6.07. The minimum Gasteiger partial charge on any atom is -0.502 e. The van der Waals surface area contributed by atoms with E-state index in [-0.39, 0.29) is 0 Å². The first-order chi connectivity index (χ1) is 7.14. The van der Waals surface area contributed by atoms with Gasteiger partial charge < -0.3 is 10.1 Å². The van der Waals surface area contributed by atoms with E-state index in [2.05, 4.69) is 11.9 Å². The maximum Gasteiger partial charge on any atom is 0.150 e. The standard InChI is InChI=1S/C10H19NO3S/c1-2-14-7-3-6-11-10-4-8-15(12,13)9-5-10/h2,10-11H,1,3-9H2. The topological polar surface area (TPSA) is 55.4 Å². The summed E-state index contributed by atoms with van der Waals surface area (Å²) in [5.41, 5.74) is 0. The molecule has 1 aliphatic rings. The number of sulfone groups is 1. The highest BCUT2D eigenvalue weighted by Crippen LogP contribution is 2.11. The van der Waals surface area contributed by atoms with E-state index in [1.807, 2.05) is 0 Å². The second kappa shape index (κ2) is 6.12. The molecule has 0 saturated carbocycles. The van der Waals surface area contributed by atoms with Gasteiger partial charge in [-0.2, -0.15) is 0 Å². The molecule has 0 aromatic heterocycles. The molecule has 4 nitrogen and oxygen atoms in total. The smallest absolute Gasteiger partial charge is 0.150 e. The van der Waals surface area contributed by atoms with Crippen LogP contribution in [0.5, 0.6) is 0 Å². The number of hydrogen-bond donors (Lipinski definition) is 1. The minimum absolute atomic E-state index is 0.327. The first-order valence-corrected chi connectivity index (χ1v) is 7.12. The van der Waals surface area contributed by atoms with Crippen LogP contribution in [0.1, 0.15) is 19.3 Å². The lowest BCUT2D eigenvalue weighted by Gasteiger charge is -2.22. The summed E-state index contributed by atoms with van der Waals surface area (Å²) in [4.78, 5) is 0. The molecule has 0 bridgehead atoms. The Morgan fingerprint density at radius 2 is 2.07 bits per heavy atom. The number of nitrogens with one attached hydrogen (secondary N) is 1. The van der Waals surface area contributed by atoms with Crippen LogP contribution >= 0.6 is 0 Å². The molecule has 0 aromatic rings. The lowest BCUT2D eigenvalue weighted by molar-refractivity contribution is 0.242. The van der Waals surface area contributed by atoms with Gasteiger partial charge >= 0.3 is 0 Å². The number of ether oxygens (including phenoxy) is 1. The minimum atomic E-state index is -2.73. The van der Waals surface area contributed by atoms with E-state index in [1.54, 1.807) is 0 Å². The summed E-state index contributed by atoms with van der Waals surface area (Å²) in [6, 6.07) is 0.359. The monoisotopic (exact) mass is 233 g/mol. The van der Waals surface area contributed by atoms with Crippen molar-refractivity contribution in [1.29, 1.82) is 0 Å². The fourth-order valence-electron chi connectivity index (χ4n) is 1.64. The van der Waals surface area contributed by atoms with Crippen molar-refractivity contribution in [2.45, 2.75) is 25.3 Å². The van der Waals surface area contributed by atoms with Crippen molar-refractivity contribution in [2.24, 2.45) is 0 Å². The lowest BCUT2D eigenvalue weighted by atomic mass is 10.1. The highest BCUT2D eigenvalue weighted by Gasteiger charge is 2.22. The van der Waals surface area contributed by atoms with Gasteiger partial charge in [-0.05, 0) is 25.8 Å². The lowest BCUT2D eigenvalue weighted by Crippen LogP contribution is -2.38. The maximum absolute atomic E-state index is 11.2. The second-order valence-electron chi connectivity index (χ2n) is 3.77. The zero-order valence-electron chi connectivity index (χ0n) is 8.94. The van der Waals surface area contributed by atoms with Gasteiger partial charge in [0.25, 0.3) is 0 Å². The molecule has 5 heteroatoms. The van der Waals surface area contributed by atoms with Crippen molar-refractivity contribution in [1.82, 2.24) is 5.32 Å². The van der Waals surface area contributed by atoms with Gasteiger partial charge in [-0.25, -0.2) is 8.42 Å². The third kappa shape index (κ3) is 5.18. The van der Waals surface area contributed by atoms with Crippen LogP contribution in [0.15, 0.2) is 12.8 Å². The third-order valence-electron chi connectivity index (χ3n) is 2.54. The maximum atomic E-state index is 11.2. The van der Waals surface area contributed by atoms with E-state index < -0.39 is 9.84 Å². The molecule has 1 saturated heterocycles. The molecule has 1 rings (SSSR count). The molecule has 0 radical (unpaired) electrons. The van der Waals surface area contributed by atoms with Gasteiger partial charge in [0.2, 0.25) is 0 Å². The van der Waals surface area contributed by atoms with Gasteiger partial charge in [-0.3, -0.25) is 0 Å². The van der Waals surface area contributed by atoms with E-state index in [0.29, 0.717) is 24.2 Å². The highest BCUT2D eigenvalue weighted by atomic mass is 32.2. The molecule has 1 heterocycles. The largest absolute Gasteiger partial charge is 0.502 e. The van der Waals surface area contributed by atoms with E-state index in [0.717, 1.165) is 25.8 Å². The number of hydrogen-bond acceptors (Lipinski definition) is 4. The Morgan fingerprint density at radius 3 is 2.67 bits per heavy atom. The Balaban J connectivity index is 2.06. The Kier molecular flexibility index (Phi) is 5.11.